The Morgan fingerprint density at radius 1 is 1.23 bits per heavy atom. The molecule has 43 heavy (non-hydrogen) atoms. The average Bonchev–Trinajstić information content (AvgIpc) is 3.26. The molecule has 4 N–H and O–H groups in total. The van der Waals surface area contributed by atoms with Crippen LogP contribution in [0, 0.1) is 5.41 Å². The molecule has 5 heterocycles. The number of aromatic nitrogens is 2. The van der Waals surface area contributed by atoms with Crippen molar-refractivity contribution in [3.05, 3.63) is 45.5 Å². The molecule has 1 aromatic carbocycles. The third-order valence-electron chi connectivity index (χ3n) is 8.36. The maximum atomic E-state index is 15.0. The highest BCUT2D eigenvalue weighted by Crippen LogP contribution is 2.52. The SMILES string of the molecule is C=CC(=O)N1[C@H](C)CN(c2nc(=O)n3c4c(c(-c5cscc5NC(N)=O)c(C(F)(F)F)cc24)SCC2(CNC2)C3)C[C@@H]1C. The van der Waals surface area contributed by atoms with Gasteiger partial charge in [0.1, 0.15) is 5.82 Å². The second kappa shape index (κ2) is 10.6. The standard InChI is InChI=1S/C28H30F3N7O3S2/c1-4-20(39)38-14(2)6-36(7-15(38)3)24-16-5-18(28(29,30)31)21(17-8-42-9-19(17)34-25(32)40)23-22(16)37(26(41)35-24)12-27(13-43-23)10-33-11-27/h4-5,8-9,14-15,33H,1,6-7,10-13H2,2-3H3,(H3,32,34,40)/t14-,15+. The zero-order valence-corrected chi connectivity index (χ0v) is 25.1. The smallest absolute Gasteiger partial charge is 0.352 e. The van der Waals surface area contributed by atoms with E-state index in [1.165, 1.54) is 27.8 Å². The number of nitrogens with one attached hydrogen (secondary N) is 2. The normalized spacial score (nSPS) is 21.4. The second-order valence-electron chi connectivity index (χ2n) is 11.5. The lowest BCUT2D eigenvalue weighted by Crippen LogP contribution is -2.59. The van der Waals surface area contributed by atoms with E-state index in [0.29, 0.717) is 35.8 Å². The summed E-state index contributed by atoms with van der Waals surface area (Å²) in [5.74, 6) is 0.402. The summed E-state index contributed by atoms with van der Waals surface area (Å²) in [6.07, 6.45) is -3.53. The minimum Gasteiger partial charge on any atom is -0.352 e. The molecule has 0 bridgehead atoms. The van der Waals surface area contributed by atoms with E-state index < -0.39 is 23.5 Å². The van der Waals surface area contributed by atoms with Crippen molar-refractivity contribution in [2.45, 2.75) is 43.5 Å². The Morgan fingerprint density at radius 3 is 2.51 bits per heavy atom. The van der Waals surface area contributed by atoms with E-state index in [0.717, 1.165) is 17.4 Å². The minimum absolute atomic E-state index is 0.104. The van der Waals surface area contributed by atoms with Gasteiger partial charge in [0, 0.05) is 88.1 Å². The number of carbonyl (C=O) groups is 2. The zero-order chi connectivity index (χ0) is 30.8. The molecule has 3 amide bonds. The Bertz CT molecular complexity index is 1700. The van der Waals surface area contributed by atoms with Crippen LogP contribution in [0.2, 0.25) is 0 Å². The summed E-state index contributed by atoms with van der Waals surface area (Å²) in [5, 5.41) is 8.99. The van der Waals surface area contributed by atoms with Crippen LogP contribution in [0.5, 0.6) is 0 Å². The summed E-state index contributed by atoms with van der Waals surface area (Å²) < 4.78 is 46.5. The molecule has 0 radical (unpaired) electrons. The molecule has 2 fully saturated rings. The van der Waals surface area contributed by atoms with Gasteiger partial charge in [-0.25, -0.2) is 9.59 Å². The number of halogens is 3. The van der Waals surface area contributed by atoms with Crippen LogP contribution >= 0.6 is 23.1 Å². The third kappa shape index (κ3) is 4.96. The molecule has 3 aliphatic rings. The molecule has 228 valence electrons. The first-order valence-corrected chi connectivity index (χ1v) is 15.6. The second-order valence-corrected chi connectivity index (χ2v) is 13.2. The molecule has 10 nitrogen and oxygen atoms in total. The van der Waals surface area contributed by atoms with E-state index in [1.807, 2.05) is 13.8 Å². The number of hydrogen-bond donors (Lipinski definition) is 3. The lowest BCUT2D eigenvalue weighted by Gasteiger charge is -2.45. The fraction of sp³-hybridized carbons (Fsp3) is 0.429. The Labute approximate surface area is 253 Å². The number of nitrogens with zero attached hydrogens (tertiary/aromatic N) is 4. The van der Waals surface area contributed by atoms with Crippen molar-refractivity contribution in [1.82, 2.24) is 19.8 Å². The summed E-state index contributed by atoms with van der Waals surface area (Å²) in [5.41, 5.74) is 4.20. The number of alkyl halides is 3. The molecule has 0 saturated carbocycles. The molecular weight excluding hydrogens is 603 g/mol. The fourth-order valence-electron chi connectivity index (χ4n) is 6.47. The number of urea groups is 1. The number of anilines is 2. The number of piperazine rings is 1. The van der Waals surface area contributed by atoms with Crippen molar-refractivity contribution in [2.75, 3.05) is 42.1 Å². The quantitative estimate of drug-likeness (QED) is 0.372. The highest BCUT2D eigenvalue weighted by Gasteiger charge is 2.44. The molecule has 0 unspecified atom stereocenters. The lowest BCUT2D eigenvalue weighted by molar-refractivity contribution is -0.137. The Kier molecular flexibility index (Phi) is 7.25. The number of carbonyl (C=O) groups excluding carboxylic acids is 2. The van der Waals surface area contributed by atoms with Crippen LogP contribution in [0.15, 0.2) is 39.2 Å². The number of rotatable bonds is 4. The van der Waals surface area contributed by atoms with Crippen LogP contribution in [0.25, 0.3) is 22.0 Å². The first-order chi connectivity index (χ1) is 20.3. The number of hydrogen-bond acceptors (Lipinski definition) is 8. The van der Waals surface area contributed by atoms with E-state index in [2.05, 4.69) is 22.2 Å². The Balaban J connectivity index is 1.64. The molecule has 15 heteroatoms. The molecule has 6 rings (SSSR count). The van der Waals surface area contributed by atoms with Crippen LogP contribution in [0.4, 0.5) is 29.5 Å². The molecular formula is C28H30F3N7O3S2. The van der Waals surface area contributed by atoms with Gasteiger partial charge in [-0.1, -0.05) is 6.58 Å². The van der Waals surface area contributed by atoms with Crippen LogP contribution in [0.1, 0.15) is 19.4 Å². The van der Waals surface area contributed by atoms with Gasteiger partial charge in [-0.3, -0.25) is 9.36 Å². The predicted molar refractivity (Wildman–Crippen MR) is 162 cm³/mol. The lowest BCUT2D eigenvalue weighted by atomic mass is 9.83. The van der Waals surface area contributed by atoms with Crippen molar-refractivity contribution in [3.8, 4) is 11.1 Å². The van der Waals surface area contributed by atoms with Crippen molar-refractivity contribution in [2.24, 2.45) is 11.1 Å². The topological polar surface area (TPSA) is 126 Å². The van der Waals surface area contributed by atoms with E-state index in [-0.39, 0.29) is 64.5 Å². The van der Waals surface area contributed by atoms with Crippen molar-refractivity contribution in [3.63, 3.8) is 0 Å². The van der Waals surface area contributed by atoms with Crippen molar-refractivity contribution in [1.29, 1.82) is 0 Å². The van der Waals surface area contributed by atoms with Gasteiger partial charge in [-0.2, -0.15) is 18.2 Å². The summed E-state index contributed by atoms with van der Waals surface area (Å²) in [6, 6.07) is -0.437. The summed E-state index contributed by atoms with van der Waals surface area (Å²) in [7, 11) is 0. The van der Waals surface area contributed by atoms with Crippen LogP contribution < -0.4 is 27.0 Å². The number of amides is 3. The minimum atomic E-state index is -4.78. The van der Waals surface area contributed by atoms with E-state index >= 15 is 13.2 Å². The molecule has 2 aromatic heterocycles. The first kappa shape index (κ1) is 29.5. The Hall–Kier alpha value is -3.56. The summed E-state index contributed by atoms with van der Waals surface area (Å²) in [4.78, 5) is 46.3. The van der Waals surface area contributed by atoms with Crippen LogP contribution in [-0.4, -0.2) is 70.4 Å². The van der Waals surface area contributed by atoms with Crippen molar-refractivity contribution >= 4 is 57.4 Å². The number of thioether (sulfide) groups is 1. The third-order valence-corrected chi connectivity index (χ3v) is 10.5. The molecule has 3 aliphatic heterocycles. The maximum absolute atomic E-state index is 15.0. The zero-order valence-electron chi connectivity index (χ0n) is 23.5. The van der Waals surface area contributed by atoms with E-state index in [1.54, 1.807) is 15.2 Å². The van der Waals surface area contributed by atoms with Gasteiger partial charge in [0.15, 0.2) is 0 Å². The highest BCUT2D eigenvalue weighted by molar-refractivity contribution is 7.99. The predicted octanol–water partition coefficient (Wildman–Crippen LogP) is 3.94. The Morgan fingerprint density at radius 2 is 1.93 bits per heavy atom. The van der Waals surface area contributed by atoms with Gasteiger partial charge in [-0.15, -0.1) is 23.1 Å². The van der Waals surface area contributed by atoms with Gasteiger partial charge >= 0.3 is 17.9 Å². The number of primary amides is 1. The summed E-state index contributed by atoms with van der Waals surface area (Å²) >= 11 is 2.43. The summed E-state index contributed by atoms with van der Waals surface area (Å²) in [6.45, 7) is 9.35. The van der Waals surface area contributed by atoms with E-state index in [4.69, 9.17) is 5.73 Å². The number of nitrogens with two attached hydrogens (primary N) is 1. The van der Waals surface area contributed by atoms with Gasteiger partial charge in [0.25, 0.3) is 0 Å². The monoisotopic (exact) mass is 633 g/mol. The largest absolute Gasteiger partial charge is 0.417 e. The fourth-order valence-corrected chi connectivity index (χ4v) is 8.70. The molecule has 2 saturated heterocycles. The molecule has 0 aliphatic carbocycles. The van der Waals surface area contributed by atoms with Crippen molar-refractivity contribution < 1.29 is 22.8 Å². The van der Waals surface area contributed by atoms with Crippen LogP contribution in [-0.2, 0) is 17.5 Å². The van der Waals surface area contributed by atoms with E-state index in [9.17, 15) is 14.4 Å². The van der Waals surface area contributed by atoms with Crippen LogP contribution in [0.3, 0.4) is 0 Å². The molecule has 1 spiro atoms. The molecule has 3 aromatic rings. The maximum Gasteiger partial charge on any atom is 0.417 e. The van der Waals surface area contributed by atoms with Gasteiger partial charge in [0.2, 0.25) is 5.91 Å². The first-order valence-electron chi connectivity index (χ1n) is 13.7. The highest BCUT2D eigenvalue weighted by atomic mass is 32.2. The van der Waals surface area contributed by atoms with Gasteiger partial charge in [-0.05, 0) is 26.0 Å². The number of thiophene rings is 1. The van der Waals surface area contributed by atoms with Gasteiger partial charge in [0.05, 0.1) is 16.8 Å². The van der Waals surface area contributed by atoms with Gasteiger partial charge < -0.3 is 26.2 Å². The molecule has 2 atom stereocenters. The number of benzene rings is 1. The average molecular weight is 634 g/mol.